The van der Waals surface area contributed by atoms with Gasteiger partial charge in [0.15, 0.2) is 0 Å². The molecule has 0 aromatic heterocycles. The first kappa shape index (κ1) is 17.9. The summed E-state index contributed by atoms with van der Waals surface area (Å²) in [7, 11) is 2.04. The first-order chi connectivity index (χ1) is 9.50. The fourth-order valence-corrected chi connectivity index (χ4v) is 2.26. The average molecular weight is 314 g/mol. The first-order valence-electron chi connectivity index (χ1n) is 5.80. The fourth-order valence-electron chi connectivity index (χ4n) is 1.71. The average Bonchev–Trinajstić information content (AvgIpc) is 3.00. The normalized spacial score (nSPS) is 19.4. The van der Waals surface area contributed by atoms with E-state index in [0.29, 0.717) is 6.17 Å². The number of nitriles is 5. The topological polar surface area (TPSA) is 134 Å². The first-order valence-corrected chi connectivity index (χ1v) is 8.56. The Morgan fingerprint density at radius 1 is 1.05 bits per heavy atom. The molecule has 8 heteroatoms. The summed E-state index contributed by atoms with van der Waals surface area (Å²) >= 11 is -4.78. The van der Waals surface area contributed by atoms with Crippen LogP contribution in [0.1, 0.15) is 19.8 Å². The Balaban J connectivity index is 0.000000367. The van der Waals surface area contributed by atoms with Crippen LogP contribution in [0, 0.1) is 51.1 Å². The van der Waals surface area contributed by atoms with E-state index in [1.54, 1.807) is 0 Å². The summed E-state index contributed by atoms with van der Waals surface area (Å²) in [6.07, 6.45) is 3.35. The van der Waals surface area contributed by atoms with E-state index in [0.717, 1.165) is 0 Å². The van der Waals surface area contributed by atoms with Crippen molar-refractivity contribution in [3.8, 4) is 24.8 Å². The Bertz CT molecular complexity index is 442. The van der Waals surface area contributed by atoms with Crippen molar-refractivity contribution in [3.05, 3.63) is 0 Å². The van der Waals surface area contributed by atoms with Crippen molar-refractivity contribution in [1.29, 1.82) is 26.3 Å². The summed E-state index contributed by atoms with van der Waals surface area (Å²) in [5, 5.41) is 45.0. The van der Waals surface area contributed by atoms with Gasteiger partial charge in [-0.15, -0.1) is 0 Å². The number of hydrogen-bond donors (Lipinski definition) is 1. The van der Waals surface area contributed by atoms with Gasteiger partial charge in [0, 0.05) is 0 Å². The number of nitrogens with one attached hydrogen (secondary N) is 1. The summed E-state index contributed by atoms with van der Waals surface area (Å²) in [6.45, 7) is 4.68. The van der Waals surface area contributed by atoms with Crippen molar-refractivity contribution >= 4 is 0 Å². The zero-order valence-corrected chi connectivity index (χ0v) is 12.5. The van der Waals surface area contributed by atoms with Gasteiger partial charge in [0.2, 0.25) is 0 Å². The molecule has 0 spiro atoms. The van der Waals surface area contributed by atoms with Crippen molar-refractivity contribution in [3.63, 3.8) is 0 Å². The van der Waals surface area contributed by atoms with E-state index in [9.17, 15) is 0 Å². The molecule has 0 aliphatic carbocycles. The van der Waals surface area contributed by atoms with Gasteiger partial charge in [-0.1, -0.05) is 6.92 Å². The zero-order chi connectivity index (χ0) is 15.7. The molecule has 7 nitrogen and oxygen atoms in total. The minimum absolute atomic E-state index is 0.662. The molecule has 107 valence electrons. The monoisotopic (exact) mass is 314 g/mol. The molecular formula is C12H16FeN7. The van der Waals surface area contributed by atoms with Crippen molar-refractivity contribution < 1.29 is 11.8 Å². The molecule has 0 aromatic carbocycles. The van der Waals surface area contributed by atoms with Crippen LogP contribution in [0.3, 0.4) is 0 Å². The van der Waals surface area contributed by atoms with Crippen LogP contribution in [0.25, 0.3) is 0 Å². The molecular weight excluding hydrogens is 298 g/mol. The van der Waals surface area contributed by atoms with Crippen LogP contribution < -0.4 is 5.32 Å². The van der Waals surface area contributed by atoms with E-state index >= 15 is 0 Å². The zero-order valence-electron chi connectivity index (χ0n) is 11.4. The summed E-state index contributed by atoms with van der Waals surface area (Å²) in [5.74, 6) is 0. The summed E-state index contributed by atoms with van der Waals surface area (Å²) in [6, 6.07) is 0. The standard InChI is InChI=1S/C7H16N2.5CN.Fe/c1-3-9-6-4-5-7(9)8-2;5*1-2;/h7-8H,3-6H2,1-2H3;;;;;;. The van der Waals surface area contributed by atoms with Gasteiger partial charge in [-0.2, -0.15) is 0 Å². The molecule has 1 saturated heterocycles. The maximum atomic E-state index is 8.35. The van der Waals surface area contributed by atoms with Crippen molar-refractivity contribution in [1.82, 2.24) is 10.2 Å². The quantitative estimate of drug-likeness (QED) is 0.742. The van der Waals surface area contributed by atoms with Gasteiger partial charge in [0.1, 0.15) is 0 Å². The van der Waals surface area contributed by atoms with Crippen LogP contribution in [0.2, 0.25) is 0 Å². The Labute approximate surface area is 119 Å². The molecule has 1 unspecified atom stereocenters. The Kier molecular flexibility index (Phi) is 6.68. The predicted molar refractivity (Wildman–Crippen MR) is 67.4 cm³/mol. The molecule has 1 aliphatic rings. The van der Waals surface area contributed by atoms with Crippen molar-refractivity contribution in [2.75, 3.05) is 20.1 Å². The second-order valence-electron chi connectivity index (χ2n) is 3.85. The molecule has 1 atom stereocenters. The molecule has 1 aliphatic heterocycles. The van der Waals surface area contributed by atoms with Crippen LogP contribution in [-0.2, 0) is 11.8 Å². The molecule has 20 heavy (non-hydrogen) atoms. The molecule has 0 aromatic rings. The van der Waals surface area contributed by atoms with Gasteiger partial charge >= 0.3 is 62.9 Å². The van der Waals surface area contributed by atoms with Crippen LogP contribution in [0.15, 0.2) is 0 Å². The Morgan fingerprint density at radius 2 is 1.50 bits per heavy atom. The van der Waals surface area contributed by atoms with Crippen LogP contribution in [0.4, 0.5) is 0 Å². The van der Waals surface area contributed by atoms with E-state index in [2.05, 4.69) is 17.1 Å². The van der Waals surface area contributed by atoms with Gasteiger partial charge in [0.05, 0.1) is 6.17 Å². The number of nitrogens with zero attached hydrogens (tertiary/aromatic N) is 6. The van der Waals surface area contributed by atoms with E-state index in [4.69, 9.17) is 26.3 Å². The summed E-state index contributed by atoms with van der Waals surface area (Å²) < 4.78 is 0. The minimum atomic E-state index is -4.78. The molecule has 1 rings (SSSR count). The SMILES string of the molecule is CCN1CCCC1NC.N#[C][Fe]([C]#N)([C]#N)([C]#N)[C]#N. The van der Waals surface area contributed by atoms with Gasteiger partial charge in [-0.3, -0.25) is 4.90 Å². The second kappa shape index (κ2) is 7.47. The molecule has 0 radical (unpaired) electrons. The predicted octanol–water partition coefficient (Wildman–Crippen LogP) is 0.729. The van der Waals surface area contributed by atoms with Crippen LogP contribution in [0.5, 0.6) is 0 Å². The number of likely N-dealkylation sites (tertiary alicyclic amines) is 1. The van der Waals surface area contributed by atoms with E-state index in [1.165, 1.54) is 50.8 Å². The molecule has 0 saturated carbocycles. The second-order valence-corrected chi connectivity index (χ2v) is 7.85. The molecule has 1 N–H and O–H groups in total. The van der Waals surface area contributed by atoms with Crippen LogP contribution >= 0.6 is 0 Å². The third-order valence-corrected chi connectivity index (χ3v) is 5.36. The van der Waals surface area contributed by atoms with Crippen molar-refractivity contribution in [2.45, 2.75) is 25.9 Å². The maximum absolute atomic E-state index is 8.35. The summed E-state index contributed by atoms with van der Waals surface area (Å²) in [4.78, 5) is 8.60. The molecule has 0 bridgehead atoms. The van der Waals surface area contributed by atoms with Crippen LogP contribution in [-0.4, -0.2) is 31.2 Å². The molecule has 1 heterocycles. The molecule has 0 amide bonds. The Morgan fingerprint density at radius 3 is 1.70 bits per heavy atom. The third kappa shape index (κ3) is 3.46. The number of rotatable bonds is 2. The summed E-state index contributed by atoms with van der Waals surface area (Å²) in [5.41, 5.74) is 0. The fraction of sp³-hybridized carbons (Fsp3) is 0.583. The number of hydrogen-bond acceptors (Lipinski definition) is 7. The van der Waals surface area contributed by atoms with Gasteiger partial charge in [-0.25, -0.2) is 0 Å². The third-order valence-electron chi connectivity index (χ3n) is 2.89. The molecule has 1 fully saturated rings. The van der Waals surface area contributed by atoms with Crippen molar-refractivity contribution in [2.24, 2.45) is 0 Å². The van der Waals surface area contributed by atoms with Gasteiger partial charge in [-0.05, 0) is 33.0 Å². The van der Waals surface area contributed by atoms with E-state index in [-0.39, 0.29) is 0 Å². The van der Waals surface area contributed by atoms with E-state index < -0.39 is 11.8 Å². The van der Waals surface area contributed by atoms with Gasteiger partial charge in [0.25, 0.3) is 0 Å². The van der Waals surface area contributed by atoms with E-state index in [1.807, 2.05) is 7.05 Å². The Hall–Kier alpha value is -2.11. The van der Waals surface area contributed by atoms with Gasteiger partial charge < -0.3 is 5.32 Å².